The first-order valence-corrected chi connectivity index (χ1v) is 6.14. The number of nitrogens with two attached hydrogens (primary N) is 2. The Kier molecular flexibility index (Phi) is 4.97. The first kappa shape index (κ1) is 14.0. The van der Waals surface area contributed by atoms with Gasteiger partial charge in [-0.25, -0.2) is 0 Å². The molecule has 1 aromatic rings. The van der Waals surface area contributed by atoms with Crippen molar-refractivity contribution >= 4 is 0 Å². The third-order valence-corrected chi connectivity index (χ3v) is 3.26. The van der Waals surface area contributed by atoms with Gasteiger partial charge in [-0.1, -0.05) is 32.9 Å². The maximum absolute atomic E-state index is 6.23. The van der Waals surface area contributed by atoms with Gasteiger partial charge in [-0.15, -0.1) is 0 Å². The van der Waals surface area contributed by atoms with Crippen LogP contribution in [0.2, 0.25) is 0 Å². The molecule has 2 unspecified atom stereocenters. The molecule has 3 nitrogen and oxygen atoms in total. The van der Waals surface area contributed by atoms with Gasteiger partial charge >= 0.3 is 0 Å². The molecule has 2 atom stereocenters. The molecule has 0 heterocycles. The van der Waals surface area contributed by atoms with E-state index in [9.17, 15) is 0 Å². The predicted octanol–water partition coefficient (Wildman–Crippen LogP) is 2.41. The van der Waals surface area contributed by atoms with Gasteiger partial charge in [-0.3, -0.25) is 0 Å². The van der Waals surface area contributed by atoms with Crippen LogP contribution in [0.15, 0.2) is 18.2 Å². The molecule has 0 spiro atoms. The molecule has 3 heteroatoms. The van der Waals surface area contributed by atoms with E-state index >= 15 is 0 Å². The second-order valence-corrected chi connectivity index (χ2v) is 4.89. The quantitative estimate of drug-likeness (QED) is 0.825. The molecule has 0 aliphatic heterocycles. The summed E-state index contributed by atoms with van der Waals surface area (Å²) >= 11 is 0. The first-order chi connectivity index (χ1) is 8.01. The lowest BCUT2D eigenvalue weighted by Crippen LogP contribution is -2.26. The zero-order chi connectivity index (χ0) is 13.0. The van der Waals surface area contributed by atoms with Crippen molar-refractivity contribution in [1.82, 2.24) is 0 Å². The van der Waals surface area contributed by atoms with Crippen molar-refractivity contribution in [3.63, 3.8) is 0 Å². The fourth-order valence-electron chi connectivity index (χ4n) is 1.83. The number of hydrogen-bond donors (Lipinski definition) is 2. The Morgan fingerprint density at radius 3 is 2.35 bits per heavy atom. The van der Waals surface area contributed by atoms with Gasteiger partial charge in [0, 0.05) is 11.6 Å². The minimum Gasteiger partial charge on any atom is -0.496 e. The van der Waals surface area contributed by atoms with Crippen LogP contribution in [0, 0.1) is 5.92 Å². The summed E-state index contributed by atoms with van der Waals surface area (Å²) in [6.07, 6.45) is 0. The van der Waals surface area contributed by atoms with Crippen LogP contribution in [0.3, 0.4) is 0 Å². The summed E-state index contributed by atoms with van der Waals surface area (Å²) < 4.78 is 5.38. The fraction of sp³-hybridized carbons (Fsp3) is 0.571. The van der Waals surface area contributed by atoms with Crippen LogP contribution in [0.5, 0.6) is 5.75 Å². The number of hydrogen-bond acceptors (Lipinski definition) is 3. The fourth-order valence-corrected chi connectivity index (χ4v) is 1.83. The van der Waals surface area contributed by atoms with Crippen molar-refractivity contribution in [2.45, 2.75) is 32.7 Å². The molecule has 4 N–H and O–H groups in total. The Balaban J connectivity index is 3.13. The summed E-state index contributed by atoms with van der Waals surface area (Å²) in [6.45, 7) is 6.98. The van der Waals surface area contributed by atoms with Crippen LogP contribution in [-0.2, 0) is 0 Å². The Morgan fingerprint density at radius 2 is 1.88 bits per heavy atom. The van der Waals surface area contributed by atoms with Gasteiger partial charge in [0.2, 0.25) is 0 Å². The smallest absolute Gasteiger partial charge is 0.123 e. The SMILES string of the molecule is COc1ccc(C(C)C)cc1C(N)C(C)CN. The van der Waals surface area contributed by atoms with E-state index < -0.39 is 0 Å². The van der Waals surface area contributed by atoms with Crippen molar-refractivity contribution in [3.8, 4) is 5.75 Å². The molecule has 1 aromatic carbocycles. The number of rotatable bonds is 5. The average Bonchev–Trinajstić information content (AvgIpc) is 2.35. The normalized spacial score (nSPS) is 14.8. The summed E-state index contributed by atoms with van der Waals surface area (Å²) in [4.78, 5) is 0. The highest BCUT2D eigenvalue weighted by atomic mass is 16.5. The molecule has 96 valence electrons. The second kappa shape index (κ2) is 6.03. The number of ether oxygens (including phenoxy) is 1. The predicted molar refractivity (Wildman–Crippen MR) is 72.2 cm³/mol. The topological polar surface area (TPSA) is 61.3 Å². The van der Waals surface area contributed by atoms with Gasteiger partial charge in [0.05, 0.1) is 7.11 Å². The molecule has 0 radical (unpaired) electrons. The second-order valence-electron chi connectivity index (χ2n) is 4.89. The van der Waals surface area contributed by atoms with Crippen LogP contribution in [0.1, 0.15) is 43.9 Å². The number of methoxy groups -OCH3 is 1. The van der Waals surface area contributed by atoms with Crippen molar-refractivity contribution in [3.05, 3.63) is 29.3 Å². The maximum Gasteiger partial charge on any atom is 0.123 e. The van der Waals surface area contributed by atoms with E-state index in [1.54, 1.807) is 7.11 Å². The molecule has 0 saturated carbocycles. The van der Waals surface area contributed by atoms with Crippen LogP contribution in [-0.4, -0.2) is 13.7 Å². The van der Waals surface area contributed by atoms with E-state index in [-0.39, 0.29) is 12.0 Å². The third-order valence-electron chi connectivity index (χ3n) is 3.26. The Morgan fingerprint density at radius 1 is 1.24 bits per heavy atom. The van der Waals surface area contributed by atoms with Crippen LogP contribution < -0.4 is 16.2 Å². The van der Waals surface area contributed by atoms with E-state index in [1.807, 2.05) is 6.07 Å². The zero-order valence-corrected chi connectivity index (χ0v) is 11.2. The molecule has 0 aliphatic carbocycles. The lowest BCUT2D eigenvalue weighted by Gasteiger charge is -2.22. The summed E-state index contributed by atoms with van der Waals surface area (Å²) in [5, 5.41) is 0. The summed E-state index contributed by atoms with van der Waals surface area (Å²) in [7, 11) is 1.67. The van der Waals surface area contributed by atoms with E-state index in [2.05, 4.69) is 32.9 Å². The molecular formula is C14H24N2O. The van der Waals surface area contributed by atoms with Gasteiger partial charge in [0.15, 0.2) is 0 Å². The van der Waals surface area contributed by atoms with Crippen LogP contribution >= 0.6 is 0 Å². The minimum absolute atomic E-state index is 0.0753. The first-order valence-electron chi connectivity index (χ1n) is 6.14. The van der Waals surface area contributed by atoms with Crippen LogP contribution in [0.4, 0.5) is 0 Å². The summed E-state index contributed by atoms with van der Waals surface area (Å²) in [5.74, 6) is 1.58. The molecule has 1 rings (SSSR count). The summed E-state index contributed by atoms with van der Waals surface area (Å²) in [5.41, 5.74) is 14.2. The van der Waals surface area contributed by atoms with Gasteiger partial charge < -0.3 is 16.2 Å². The Bertz CT molecular complexity index is 363. The average molecular weight is 236 g/mol. The van der Waals surface area contributed by atoms with Gasteiger partial charge in [0.25, 0.3) is 0 Å². The molecule has 0 amide bonds. The van der Waals surface area contributed by atoms with Crippen LogP contribution in [0.25, 0.3) is 0 Å². The highest BCUT2D eigenvalue weighted by molar-refractivity contribution is 5.40. The van der Waals surface area contributed by atoms with Crippen molar-refractivity contribution in [2.24, 2.45) is 17.4 Å². The molecule has 0 aromatic heterocycles. The zero-order valence-electron chi connectivity index (χ0n) is 11.2. The third kappa shape index (κ3) is 3.20. The lowest BCUT2D eigenvalue weighted by atomic mass is 9.91. The highest BCUT2D eigenvalue weighted by Gasteiger charge is 2.18. The van der Waals surface area contributed by atoms with Crippen molar-refractivity contribution in [1.29, 1.82) is 0 Å². The van der Waals surface area contributed by atoms with Gasteiger partial charge in [0.1, 0.15) is 5.75 Å². The summed E-state index contributed by atoms with van der Waals surface area (Å²) in [6, 6.07) is 6.15. The maximum atomic E-state index is 6.23. The Hall–Kier alpha value is -1.06. The van der Waals surface area contributed by atoms with Gasteiger partial charge in [-0.2, -0.15) is 0 Å². The molecule has 0 saturated heterocycles. The number of benzene rings is 1. The molecule has 0 fully saturated rings. The molecule has 0 bridgehead atoms. The van der Waals surface area contributed by atoms with Crippen molar-refractivity contribution < 1.29 is 4.74 Å². The largest absolute Gasteiger partial charge is 0.496 e. The van der Waals surface area contributed by atoms with E-state index in [0.29, 0.717) is 12.5 Å². The highest BCUT2D eigenvalue weighted by Crippen LogP contribution is 2.31. The van der Waals surface area contributed by atoms with Crippen molar-refractivity contribution in [2.75, 3.05) is 13.7 Å². The lowest BCUT2D eigenvalue weighted by molar-refractivity contribution is 0.392. The molecule has 0 aliphatic rings. The minimum atomic E-state index is -0.0753. The molecular weight excluding hydrogens is 212 g/mol. The Labute approximate surface area is 104 Å². The monoisotopic (exact) mass is 236 g/mol. The molecule has 17 heavy (non-hydrogen) atoms. The standard InChI is InChI=1S/C14H24N2O/c1-9(2)11-5-6-13(17-4)12(7-11)14(16)10(3)8-15/h5-7,9-10,14H,8,15-16H2,1-4H3. The van der Waals surface area contributed by atoms with E-state index in [1.165, 1.54) is 5.56 Å². The van der Waals surface area contributed by atoms with E-state index in [0.717, 1.165) is 11.3 Å². The van der Waals surface area contributed by atoms with E-state index in [4.69, 9.17) is 16.2 Å². The van der Waals surface area contributed by atoms with Gasteiger partial charge in [-0.05, 0) is 30.0 Å².